The van der Waals surface area contributed by atoms with Crippen molar-refractivity contribution in [2.75, 3.05) is 0 Å². The number of hydrogen-bond donors (Lipinski definition) is 1. The zero-order chi connectivity index (χ0) is 14.0. The Hall–Kier alpha value is 0.01000. The van der Waals surface area contributed by atoms with Crippen molar-refractivity contribution >= 4 is 27.7 Å². The van der Waals surface area contributed by atoms with Gasteiger partial charge in [-0.1, -0.05) is 42.8 Å². The van der Waals surface area contributed by atoms with Crippen LogP contribution in [0, 0.1) is 0 Å². The quantitative estimate of drug-likeness (QED) is 0.762. The molecule has 1 aromatic rings. The zero-order valence-corrected chi connectivity index (χ0v) is 14.6. The van der Waals surface area contributed by atoms with E-state index in [1.807, 2.05) is 11.8 Å². The van der Waals surface area contributed by atoms with E-state index in [0.717, 1.165) is 6.54 Å². The van der Waals surface area contributed by atoms with E-state index in [2.05, 4.69) is 81.0 Å². The molecule has 1 N–H and O–H groups in total. The van der Waals surface area contributed by atoms with Gasteiger partial charge in [-0.3, -0.25) is 0 Å². The van der Waals surface area contributed by atoms with Crippen molar-refractivity contribution < 1.29 is 0 Å². The van der Waals surface area contributed by atoms with E-state index >= 15 is 0 Å². The highest BCUT2D eigenvalue weighted by atomic mass is 79.9. The third-order valence-electron chi connectivity index (χ3n) is 2.26. The summed E-state index contributed by atoms with van der Waals surface area (Å²) in [5.74, 6) is 0. The maximum absolute atomic E-state index is 3.67. The summed E-state index contributed by atoms with van der Waals surface area (Å²) in [5, 5.41) is 3.51. The molecule has 18 heavy (non-hydrogen) atoms. The van der Waals surface area contributed by atoms with Gasteiger partial charge < -0.3 is 5.32 Å². The maximum atomic E-state index is 3.67. The van der Waals surface area contributed by atoms with Gasteiger partial charge in [0.2, 0.25) is 0 Å². The molecular formula is C15H24BrNS. The Labute approximate surface area is 124 Å². The number of benzene rings is 1. The lowest BCUT2D eigenvalue weighted by Crippen LogP contribution is -2.35. The lowest BCUT2D eigenvalue weighted by Gasteiger charge is -2.22. The van der Waals surface area contributed by atoms with Crippen LogP contribution < -0.4 is 5.32 Å². The van der Waals surface area contributed by atoms with Gasteiger partial charge in [-0.05, 0) is 38.5 Å². The van der Waals surface area contributed by atoms with Crippen LogP contribution in [0.3, 0.4) is 0 Å². The van der Waals surface area contributed by atoms with Crippen LogP contribution in [0.1, 0.15) is 47.1 Å². The Balaban J connectivity index is 2.74. The lowest BCUT2D eigenvalue weighted by atomic mass is 10.1. The number of nitrogens with one attached hydrogen (secondary N) is 1. The zero-order valence-electron chi connectivity index (χ0n) is 12.2. The Kier molecular flexibility index (Phi) is 5.33. The third-order valence-corrected chi connectivity index (χ3v) is 4.10. The second kappa shape index (κ2) is 5.98. The van der Waals surface area contributed by atoms with Crippen LogP contribution in [0.25, 0.3) is 0 Å². The monoisotopic (exact) mass is 329 g/mol. The van der Waals surface area contributed by atoms with Gasteiger partial charge in [0, 0.05) is 26.2 Å². The summed E-state index contributed by atoms with van der Waals surface area (Å²) in [7, 11) is 0. The molecule has 0 aliphatic heterocycles. The van der Waals surface area contributed by atoms with Crippen molar-refractivity contribution in [2.45, 2.75) is 63.3 Å². The molecule has 0 aliphatic rings. The van der Waals surface area contributed by atoms with Gasteiger partial charge in [0.1, 0.15) is 0 Å². The first-order valence-corrected chi connectivity index (χ1v) is 7.90. The van der Waals surface area contributed by atoms with Crippen molar-refractivity contribution in [3.05, 3.63) is 28.2 Å². The van der Waals surface area contributed by atoms with Gasteiger partial charge in [0.25, 0.3) is 0 Å². The number of rotatable bonds is 3. The van der Waals surface area contributed by atoms with Gasteiger partial charge in [-0.15, -0.1) is 11.8 Å². The summed E-state index contributed by atoms with van der Waals surface area (Å²) in [6.45, 7) is 14.2. The van der Waals surface area contributed by atoms with Crippen LogP contribution in [0.4, 0.5) is 0 Å². The van der Waals surface area contributed by atoms with Crippen molar-refractivity contribution in [3.63, 3.8) is 0 Å². The largest absolute Gasteiger partial charge is 0.308 e. The van der Waals surface area contributed by atoms with Crippen LogP contribution in [0.2, 0.25) is 0 Å². The Bertz CT molecular complexity index is 402. The highest BCUT2D eigenvalue weighted by Crippen LogP contribution is 2.34. The molecule has 0 bridgehead atoms. The van der Waals surface area contributed by atoms with Crippen LogP contribution >= 0.6 is 27.7 Å². The van der Waals surface area contributed by atoms with Crippen molar-refractivity contribution in [1.29, 1.82) is 0 Å². The highest BCUT2D eigenvalue weighted by molar-refractivity contribution is 9.10. The summed E-state index contributed by atoms with van der Waals surface area (Å²) in [6, 6.07) is 6.63. The predicted octanol–water partition coefficient (Wildman–Crippen LogP) is 5.23. The van der Waals surface area contributed by atoms with Crippen LogP contribution in [0.5, 0.6) is 0 Å². The summed E-state index contributed by atoms with van der Waals surface area (Å²) in [5.41, 5.74) is 1.46. The first-order chi connectivity index (χ1) is 8.07. The molecule has 0 saturated carbocycles. The number of thioether (sulfide) groups is 1. The van der Waals surface area contributed by atoms with Gasteiger partial charge in [0.05, 0.1) is 0 Å². The minimum Gasteiger partial charge on any atom is -0.308 e. The average Bonchev–Trinajstić information content (AvgIpc) is 2.12. The molecule has 0 aliphatic carbocycles. The molecule has 0 heterocycles. The molecule has 0 radical (unpaired) electrons. The van der Waals surface area contributed by atoms with Gasteiger partial charge in [-0.2, -0.15) is 0 Å². The second-order valence-corrected chi connectivity index (χ2v) is 9.33. The molecule has 0 spiro atoms. The van der Waals surface area contributed by atoms with E-state index in [0.29, 0.717) is 0 Å². The summed E-state index contributed by atoms with van der Waals surface area (Å²) < 4.78 is 1.44. The molecule has 3 heteroatoms. The first-order valence-electron chi connectivity index (χ1n) is 6.29. The molecule has 0 fully saturated rings. The normalized spacial score (nSPS) is 12.8. The van der Waals surface area contributed by atoms with Gasteiger partial charge >= 0.3 is 0 Å². The molecule has 102 valence electrons. The van der Waals surface area contributed by atoms with Gasteiger partial charge in [0.15, 0.2) is 0 Å². The minimum absolute atomic E-state index is 0.151. The van der Waals surface area contributed by atoms with E-state index < -0.39 is 0 Å². The topological polar surface area (TPSA) is 12.0 Å². The Morgan fingerprint density at radius 1 is 1.11 bits per heavy atom. The predicted molar refractivity (Wildman–Crippen MR) is 86.3 cm³/mol. The van der Waals surface area contributed by atoms with Crippen molar-refractivity contribution in [3.8, 4) is 0 Å². The minimum atomic E-state index is 0.151. The Morgan fingerprint density at radius 3 is 2.17 bits per heavy atom. The molecule has 1 rings (SSSR count). The molecule has 0 atom stereocenters. The molecule has 0 aromatic heterocycles. The van der Waals surface area contributed by atoms with Gasteiger partial charge in [-0.25, -0.2) is 0 Å². The van der Waals surface area contributed by atoms with Crippen LogP contribution in [-0.2, 0) is 6.54 Å². The van der Waals surface area contributed by atoms with Crippen LogP contribution in [0.15, 0.2) is 27.6 Å². The SMILES string of the molecule is CC(C)(C)NCc1ccc(SC(C)(C)C)cc1Br. The van der Waals surface area contributed by atoms with E-state index in [9.17, 15) is 0 Å². The molecule has 0 unspecified atom stereocenters. The summed E-state index contributed by atoms with van der Waals surface area (Å²) in [6.07, 6.45) is 0. The number of hydrogen-bond acceptors (Lipinski definition) is 2. The molecule has 1 aromatic carbocycles. The Morgan fingerprint density at radius 2 is 1.72 bits per heavy atom. The van der Waals surface area contributed by atoms with E-state index in [1.165, 1.54) is 14.9 Å². The van der Waals surface area contributed by atoms with Crippen molar-refractivity contribution in [2.24, 2.45) is 0 Å². The fourth-order valence-corrected chi connectivity index (χ4v) is 3.14. The average molecular weight is 330 g/mol. The van der Waals surface area contributed by atoms with E-state index in [4.69, 9.17) is 0 Å². The maximum Gasteiger partial charge on any atom is 0.0231 e. The smallest absolute Gasteiger partial charge is 0.0231 e. The summed E-state index contributed by atoms with van der Waals surface area (Å²) >= 11 is 5.57. The highest BCUT2D eigenvalue weighted by Gasteiger charge is 2.14. The van der Waals surface area contributed by atoms with Crippen LogP contribution in [-0.4, -0.2) is 10.3 Å². The molecular weight excluding hydrogens is 306 g/mol. The van der Waals surface area contributed by atoms with E-state index in [-0.39, 0.29) is 10.3 Å². The molecule has 0 saturated heterocycles. The molecule has 1 nitrogen and oxygen atoms in total. The fraction of sp³-hybridized carbons (Fsp3) is 0.600. The first kappa shape index (κ1) is 16.1. The summed E-state index contributed by atoms with van der Waals surface area (Å²) in [4.78, 5) is 1.31. The molecule has 0 amide bonds. The van der Waals surface area contributed by atoms with Crippen molar-refractivity contribution in [1.82, 2.24) is 5.32 Å². The fourth-order valence-electron chi connectivity index (χ4n) is 1.45. The standard InChI is InChI=1S/C15H24BrNS/c1-14(2,3)17-10-11-7-8-12(9-13(11)16)18-15(4,5)6/h7-9,17H,10H2,1-6H3. The van der Waals surface area contributed by atoms with E-state index in [1.54, 1.807) is 0 Å². The number of halogens is 1. The third kappa shape index (κ3) is 6.26. The lowest BCUT2D eigenvalue weighted by molar-refractivity contribution is 0.424. The second-order valence-electron chi connectivity index (χ2n) is 6.57.